The molecule has 0 aromatic carbocycles. The molecular weight excluding hydrogens is 410 g/mol. The number of ether oxygens (including phenoxy) is 3. The second-order valence-corrected chi connectivity index (χ2v) is 8.34. The lowest BCUT2D eigenvalue weighted by molar-refractivity contribution is -0.151. The Hall–Kier alpha value is -1.89. The fourth-order valence-electron chi connectivity index (χ4n) is 3.10. The van der Waals surface area contributed by atoms with Crippen molar-refractivity contribution in [1.29, 1.82) is 0 Å². The predicted octanol–water partition coefficient (Wildman–Crippen LogP) is 5.00. The fourth-order valence-corrected chi connectivity index (χ4v) is 3.10. The van der Waals surface area contributed by atoms with Crippen molar-refractivity contribution in [3.63, 3.8) is 0 Å². The Labute approximate surface area is 194 Å². The summed E-state index contributed by atoms with van der Waals surface area (Å²) in [5, 5.41) is 0. The predicted molar refractivity (Wildman–Crippen MR) is 126 cm³/mol. The first-order valence-corrected chi connectivity index (χ1v) is 12.3. The maximum Gasteiger partial charge on any atom is 0.333 e. The van der Waals surface area contributed by atoms with E-state index in [1.807, 2.05) is 0 Å². The van der Waals surface area contributed by atoms with E-state index in [2.05, 4.69) is 13.5 Å². The maximum atomic E-state index is 11.9. The molecule has 0 rings (SSSR count). The van der Waals surface area contributed by atoms with Gasteiger partial charge in [-0.15, -0.1) is 0 Å². The monoisotopic (exact) mass is 455 g/mol. The van der Waals surface area contributed by atoms with Gasteiger partial charge in [0.25, 0.3) is 0 Å². The van der Waals surface area contributed by atoms with Crippen LogP contribution in [-0.2, 0) is 28.6 Å². The zero-order chi connectivity index (χ0) is 24.0. The second-order valence-electron chi connectivity index (χ2n) is 8.34. The van der Waals surface area contributed by atoms with E-state index in [9.17, 15) is 14.4 Å². The molecule has 0 bridgehead atoms. The molecule has 7 nitrogen and oxygen atoms in total. The van der Waals surface area contributed by atoms with Crippen molar-refractivity contribution >= 4 is 17.9 Å². The van der Waals surface area contributed by atoms with Crippen LogP contribution in [-0.4, -0.2) is 43.8 Å². The van der Waals surface area contributed by atoms with Crippen molar-refractivity contribution in [1.82, 2.24) is 0 Å². The number of hydrogen-bond acceptors (Lipinski definition) is 7. The molecule has 0 aliphatic carbocycles. The topological polar surface area (TPSA) is 105 Å². The zero-order valence-electron chi connectivity index (χ0n) is 20.3. The van der Waals surface area contributed by atoms with Crippen LogP contribution in [0.5, 0.6) is 0 Å². The van der Waals surface area contributed by atoms with Crippen molar-refractivity contribution in [2.45, 2.75) is 110 Å². The molecule has 2 N–H and O–H groups in total. The van der Waals surface area contributed by atoms with Crippen molar-refractivity contribution in [3.8, 4) is 0 Å². The van der Waals surface area contributed by atoms with Crippen molar-refractivity contribution in [3.05, 3.63) is 12.2 Å². The van der Waals surface area contributed by atoms with Gasteiger partial charge in [-0.3, -0.25) is 9.59 Å². The molecule has 0 spiro atoms. The van der Waals surface area contributed by atoms with Gasteiger partial charge in [-0.25, -0.2) is 4.79 Å². The molecule has 0 heterocycles. The van der Waals surface area contributed by atoms with Crippen LogP contribution in [0.1, 0.15) is 104 Å². The highest BCUT2D eigenvalue weighted by atomic mass is 16.6. The van der Waals surface area contributed by atoms with Crippen molar-refractivity contribution in [2.24, 2.45) is 5.73 Å². The maximum absolute atomic E-state index is 11.9. The van der Waals surface area contributed by atoms with Crippen LogP contribution < -0.4 is 5.73 Å². The quantitative estimate of drug-likeness (QED) is 0.112. The molecule has 0 saturated heterocycles. The minimum atomic E-state index is -0.846. The number of carbonyl (C=O) groups excluding carboxylic acids is 3. The number of carbonyl (C=O) groups is 3. The third-order valence-electron chi connectivity index (χ3n) is 5.13. The summed E-state index contributed by atoms with van der Waals surface area (Å²) in [4.78, 5) is 34.7. The summed E-state index contributed by atoms with van der Waals surface area (Å²) in [7, 11) is 0. The molecule has 0 aromatic heterocycles. The SMILES string of the molecule is C=C(C)C(=O)OCCOC(=O)CC[C@H](N)C(=O)OCCCCCCCCCCCCCC. The lowest BCUT2D eigenvalue weighted by Gasteiger charge is -2.11. The standard InChI is InChI=1S/C25H45NO6/c1-4-5-6-7-8-9-10-11-12-13-14-15-18-31-25(29)22(26)16-17-23(27)30-19-20-32-24(28)21(2)3/h22H,2,4-20,26H2,1,3H3/t22-/m0/s1. The normalized spacial score (nSPS) is 11.6. The molecule has 0 aliphatic rings. The van der Waals surface area contributed by atoms with E-state index in [1.54, 1.807) is 0 Å². The van der Waals surface area contributed by atoms with E-state index >= 15 is 0 Å². The molecule has 0 radical (unpaired) electrons. The molecule has 1 atom stereocenters. The van der Waals surface area contributed by atoms with Gasteiger partial charge in [0.05, 0.1) is 6.61 Å². The van der Waals surface area contributed by atoms with Gasteiger partial charge in [0.2, 0.25) is 0 Å². The van der Waals surface area contributed by atoms with Crippen molar-refractivity contribution < 1.29 is 28.6 Å². The number of hydrogen-bond donors (Lipinski definition) is 1. The molecule has 186 valence electrons. The first-order chi connectivity index (χ1) is 15.4. The van der Waals surface area contributed by atoms with Gasteiger partial charge in [0.1, 0.15) is 19.3 Å². The number of esters is 3. The van der Waals surface area contributed by atoms with Gasteiger partial charge < -0.3 is 19.9 Å². The van der Waals surface area contributed by atoms with Crippen LogP contribution >= 0.6 is 0 Å². The van der Waals surface area contributed by atoms with E-state index in [4.69, 9.17) is 19.9 Å². The highest BCUT2D eigenvalue weighted by molar-refractivity contribution is 5.86. The van der Waals surface area contributed by atoms with E-state index in [0.717, 1.165) is 19.3 Å². The molecular formula is C25H45NO6. The third kappa shape index (κ3) is 18.8. The Morgan fingerprint density at radius 3 is 1.78 bits per heavy atom. The first kappa shape index (κ1) is 30.1. The first-order valence-electron chi connectivity index (χ1n) is 12.3. The molecule has 0 unspecified atom stereocenters. The van der Waals surface area contributed by atoms with E-state index in [1.165, 1.54) is 64.7 Å². The molecule has 0 aliphatic heterocycles. The van der Waals surface area contributed by atoms with Crippen LogP contribution in [0.4, 0.5) is 0 Å². The highest BCUT2D eigenvalue weighted by Crippen LogP contribution is 2.12. The number of unbranched alkanes of at least 4 members (excludes halogenated alkanes) is 11. The van der Waals surface area contributed by atoms with Crippen LogP contribution in [0.25, 0.3) is 0 Å². The Kier molecular flexibility index (Phi) is 19.7. The smallest absolute Gasteiger partial charge is 0.333 e. The Morgan fingerprint density at radius 2 is 1.25 bits per heavy atom. The summed E-state index contributed by atoms with van der Waals surface area (Å²) >= 11 is 0. The van der Waals surface area contributed by atoms with E-state index in [-0.39, 0.29) is 31.6 Å². The summed E-state index contributed by atoms with van der Waals surface area (Å²) in [6.07, 6.45) is 15.1. The molecule has 32 heavy (non-hydrogen) atoms. The fraction of sp³-hybridized carbons (Fsp3) is 0.800. The molecule has 7 heteroatoms. The average molecular weight is 456 g/mol. The van der Waals surface area contributed by atoms with Gasteiger partial charge in [0, 0.05) is 12.0 Å². The van der Waals surface area contributed by atoms with Gasteiger partial charge in [-0.05, 0) is 19.8 Å². The van der Waals surface area contributed by atoms with Gasteiger partial charge >= 0.3 is 17.9 Å². The summed E-state index contributed by atoms with van der Waals surface area (Å²) in [5.41, 5.74) is 6.06. The Bertz CT molecular complexity index is 535. The summed E-state index contributed by atoms with van der Waals surface area (Å²) in [5.74, 6) is -1.52. The van der Waals surface area contributed by atoms with E-state index < -0.39 is 23.9 Å². The van der Waals surface area contributed by atoms with E-state index in [0.29, 0.717) is 6.61 Å². The highest BCUT2D eigenvalue weighted by Gasteiger charge is 2.17. The minimum Gasteiger partial charge on any atom is -0.465 e. The second kappa shape index (κ2) is 21.0. The molecule has 0 amide bonds. The lowest BCUT2D eigenvalue weighted by Crippen LogP contribution is -2.33. The zero-order valence-corrected chi connectivity index (χ0v) is 20.3. The van der Waals surface area contributed by atoms with Gasteiger partial charge in [-0.1, -0.05) is 84.1 Å². The van der Waals surface area contributed by atoms with Gasteiger partial charge in [-0.2, -0.15) is 0 Å². The van der Waals surface area contributed by atoms with Crippen LogP contribution in [0.15, 0.2) is 12.2 Å². The minimum absolute atomic E-state index is 0.00328. The summed E-state index contributed by atoms with van der Waals surface area (Å²) in [6, 6.07) is -0.846. The Morgan fingerprint density at radius 1 is 0.750 bits per heavy atom. The van der Waals surface area contributed by atoms with Crippen LogP contribution in [0.3, 0.4) is 0 Å². The van der Waals surface area contributed by atoms with Crippen LogP contribution in [0.2, 0.25) is 0 Å². The summed E-state index contributed by atoms with van der Waals surface area (Å²) < 4.78 is 14.9. The average Bonchev–Trinajstić information content (AvgIpc) is 2.77. The number of rotatable bonds is 21. The lowest BCUT2D eigenvalue weighted by atomic mass is 10.1. The number of nitrogens with two attached hydrogens (primary N) is 1. The molecule has 0 aromatic rings. The third-order valence-corrected chi connectivity index (χ3v) is 5.13. The molecule has 0 saturated carbocycles. The van der Waals surface area contributed by atoms with Crippen LogP contribution in [0, 0.1) is 0 Å². The van der Waals surface area contributed by atoms with Crippen molar-refractivity contribution in [2.75, 3.05) is 19.8 Å². The largest absolute Gasteiger partial charge is 0.465 e. The Balaban J connectivity index is 3.53. The molecule has 0 fully saturated rings. The van der Waals surface area contributed by atoms with Gasteiger partial charge in [0.15, 0.2) is 0 Å². The summed E-state index contributed by atoms with van der Waals surface area (Å²) in [6.45, 7) is 7.51.